The van der Waals surface area contributed by atoms with Crippen LogP contribution in [0.4, 0.5) is 0 Å². The van der Waals surface area contributed by atoms with E-state index in [9.17, 15) is 9.90 Å². The molecule has 0 atom stereocenters. The summed E-state index contributed by atoms with van der Waals surface area (Å²) in [5.41, 5.74) is 1.26. The zero-order chi connectivity index (χ0) is 14.6. The molecule has 110 valence electrons. The van der Waals surface area contributed by atoms with Crippen LogP contribution < -0.4 is 0 Å². The second kappa shape index (κ2) is 7.08. The average Bonchev–Trinajstić information content (AvgIpc) is 2.40. The molecule has 0 bridgehead atoms. The van der Waals surface area contributed by atoms with Gasteiger partial charge in [0.2, 0.25) is 0 Å². The Balaban J connectivity index is 2.08. The maximum atomic E-state index is 11.2. The van der Waals surface area contributed by atoms with Crippen LogP contribution >= 0.6 is 31.9 Å². The Bertz CT molecular complexity index is 479. The van der Waals surface area contributed by atoms with Crippen LogP contribution in [0.1, 0.15) is 50.5 Å². The summed E-state index contributed by atoms with van der Waals surface area (Å²) in [7, 11) is 0. The van der Waals surface area contributed by atoms with E-state index in [4.69, 9.17) is 0 Å². The Kier molecular flexibility index (Phi) is 5.67. The summed E-state index contributed by atoms with van der Waals surface area (Å²) < 4.78 is 2.19. The molecule has 2 rings (SSSR count). The van der Waals surface area contributed by atoms with Crippen molar-refractivity contribution in [1.29, 1.82) is 0 Å². The van der Waals surface area contributed by atoms with Crippen molar-refractivity contribution >= 4 is 37.8 Å². The van der Waals surface area contributed by atoms with Crippen LogP contribution in [0.25, 0.3) is 0 Å². The molecular weight excluding hydrogens is 384 g/mol. The summed E-state index contributed by atoms with van der Waals surface area (Å²) in [6.45, 7) is 0. The van der Waals surface area contributed by atoms with E-state index in [1.165, 1.54) is 24.8 Å². The summed E-state index contributed by atoms with van der Waals surface area (Å²) in [6, 6.07) is 6.19. The summed E-state index contributed by atoms with van der Waals surface area (Å²) in [4.78, 5) is 11.2. The minimum Gasteiger partial charge on any atom is -0.481 e. The van der Waals surface area contributed by atoms with Crippen molar-refractivity contribution in [3.8, 4) is 0 Å². The van der Waals surface area contributed by atoms with Crippen LogP contribution in [-0.4, -0.2) is 11.1 Å². The molecule has 20 heavy (non-hydrogen) atoms. The van der Waals surface area contributed by atoms with Gasteiger partial charge in [0.05, 0.1) is 6.42 Å². The van der Waals surface area contributed by atoms with E-state index >= 15 is 0 Å². The molecule has 0 aromatic heterocycles. The highest BCUT2D eigenvalue weighted by molar-refractivity contribution is 9.11. The fraction of sp³-hybridized carbons (Fsp3) is 0.562. The van der Waals surface area contributed by atoms with Gasteiger partial charge in [-0.2, -0.15) is 0 Å². The molecule has 1 aromatic rings. The SMILES string of the molecule is O=C(O)CC1(CCc2cc(Br)ccc2Br)CCCCC1. The van der Waals surface area contributed by atoms with Crippen LogP contribution in [0, 0.1) is 5.41 Å². The molecule has 0 aliphatic heterocycles. The van der Waals surface area contributed by atoms with Gasteiger partial charge in [-0.05, 0) is 54.9 Å². The maximum Gasteiger partial charge on any atom is 0.303 e. The van der Waals surface area contributed by atoms with Crippen molar-refractivity contribution in [1.82, 2.24) is 0 Å². The van der Waals surface area contributed by atoms with Gasteiger partial charge in [0.15, 0.2) is 0 Å². The quantitative estimate of drug-likeness (QED) is 0.697. The van der Waals surface area contributed by atoms with E-state index in [0.717, 1.165) is 34.6 Å². The molecule has 1 aliphatic rings. The van der Waals surface area contributed by atoms with E-state index in [-0.39, 0.29) is 5.41 Å². The number of aryl methyl sites for hydroxylation is 1. The minimum atomic E-state index is -0.653. The predicted molar refractivity (Wildman–Crippen MR) is 87.9 cm³/mol. The monoisotopic (exact) mass is 402 g/mol. The van der Waals surface area contributed by atoms with Crippen molar-refractivity contribution in [2.45, 2.75) is 51.4 Å². The fourth-order valence-electron chi connectivity index (χ4n) is 3.27. The van der Waals surface area contributed by atoms with Crippen LogP contribution in [0.5, 0.6) is 0 Å². The number of rotatable bonds is 5. The maximum absolute atomic E-state index is 11.2. The van der Waals surface area contributed by atoms with Gasteiger partial charge >= 0.3 is 5.97 Å². The third-order valence-electron chi connectivity index (χ3n) is 4.37. The first-order valence-corrected chi connectivity index (χ1v) is 8.75. The first-order valence-electron chi connectivity index (χ1n) is 7.17. The Morgan fingerprint density at radius 3 is 2.55 bits per heavy atom. The van der Waals surface area contributed by atoms with Crippen molar-refractivity contribution in [3.63, 3.8) is 0 Å². The van der Waals surface area contributed by atoms with Crippen LogP contribution in [0.15, 0.2) is 27.1 Å². The van der Waals surface area contributed by atoms with Gasteiger partial charge in [-0.3, -0.25) is 4.79 Å². The average molecular weight is 404 g/mol. The number of carboxylic acids is 1. The topological polar surface area (TPSA) is 37.3 Å². The summed E-state index contributed by atoms with van der Waals surface area (Å²) in [5, 5.41) is 9.21. The van der Waals surface area contributed by atoms with Crippen molar-refractivity contribution in [2.75, 3.05) is 0 Å². The standard InChI is InChI=1S/C16H20Br2O2/c17-13-4-5-14(18)12(10-13)6-9-16(11-15(19)20)7-2-1-3-8-16/h4-5,10H,1-3,6-9,11H2,(H,19,20). The lowest BCUT2D eigenvalue weighted by atomic mass is 9.68. The van der Waals surface area contributed by atoms with Crippen molar-refractivity contribution in [3.05, 3.63) is 32.7 Å². The Morgan fingerprint density at radius 2 is 1.90 bits per heavy atom. The molecule has 0 radical (unpaired) electrons. The zero-order valence-electron chi connectivity index (χ0n) is 11.5. The number of hydrogen-bond acceptors (Lipinski definition) is 1. The molecule has 2 nitrogen and oxygen atoms in total. The van der Waals surface area contributed by atoms with Gasteiger partial charge in [0, 0.05) is 8.95 Å². The van der Waals surface area contributed by atoms with Crippen molar-refractivity contribution in [2.24, 2.45) is 5.41 Å². The second-order valence-corrected chi connectivity index (χ2v) is 7.64. The molecule has 1 fully saturated rings. The Labute approximate surface area is 137 Å². The number of carbonyl (C=O) groups is 1. The first kappa shape index (κ1) is 16.0. The lowest BCUT2D eigenvalue weighted by Gasteiger charge is -2.36. The van der Waals surface area contributed by atoms with Gasteiger partial charge in [-0.1, -0.05) is 51.1 Å². The van der Waals surface area contributed by atoms with Crippen molar-refractivity contribution < 1.29 is 9.90 Å². The van der Waals surface area contributed by atoms with E-state index in [1.807, 2.05) is 12.1 Å². The molecule has 0 amide bonds. The number of aliphatic carboxylic acids is 1. The minimum absolute atomic E-state index is 0.00579. The molecule has 0 unspecified atom stereocenters. The third-order valence-corrected chi connectivity index (χ3v) is 5.64. The summed E-state index contributed by atoms with van der Waals surface area (Å²) in [5.74, 6) is -0.653. The summed E-state index contributed by atoms with van der Waals surface area (Å²) >= 11 is 7.09. The van der Waals surface area contributed by atoms with E-state index < -0.39 is 5.97 Å². The largest absolute Gasteiger partial charge is 0.481 e. The molecule has 1 aliphatic carbocycles. The van der Waals surface area contributed by atoms with Crippen LogP contribution in [-0.2, 0) is 11.2 Å². The van der Waals surface area contributed by atoms with Gasteiger partial charge in [-0.25, -0.2) is 0 Å². The second-order valence-electron chi connectivity index (χ2n) is 5.87. The number of halogens is 2. The van der Waals surface area contributed by atoms with Gasteiger partial charge < -0.3 is 5.11 Å². The van der Waals surface area contributed by atoms with Gasteiger partial charge in [-0.15, -0.1) is 0 Å². The van der Waals surface area contributed by atoms with E-state index in [0.29, 0.717) is 6.42 Å². The number of hydrogen-bond donors (Lipinski definition) is 1. The molecule has 1 saturated carbocycles. The third kappa shape index (κ3) is 4.32. The normalized spacial score (nSPS) is 17.9. The van der Waals surface area contributed by atoms with Gasteiger partial charge in [0.25, 0.3) is 0 Å². The van der Waals surface area contributed by atoms with Crippen LogP contribution in [0.3, 0.4) is 0 Å². The smallest absolute Gasteiger partial charge is 0.303 e. The molecule has 4 heteroatoms. The lowest BCUT2D eigenvalue weighted by molar-refractivity contribution is -0.140. The molecule has 1 aromatic carbocycles. The Hall–Kier alpha value is -0.350. The predicted octanol–water partition coefficient (Wildman–Crippen LogP) is 5.57. The highest BCUT2D eigenvalue weighted by atomic mass is 79.9. The highest BCUT2D eigenvalue weighted by Gasteiger charge is 2.34. The Morgan fingerprint density at radius 1 is 1.20 bits per heavy atom. The molecule has 0 spiro atoms. The number of benzene rings is 1. The molecule has 0 saturated heterocycles. The first-order chi connectivity index (χ1) is 9.51. The molecule has 1 N–H and O–H groups in total. The van der Waals surface area contributed by atoms with Crippen LogP contribution in [0.2, 0.25) is 0 Å². The number of carboxylic acid groups (broad SMARTS) is 1. The fourth-order valence-corrected chi connectivity index (χ4v) is 4.13. The van der Waals surface area contributed by atoms with Gasteiger partial charge in [0.1, 0.15) is 0 Å². The summed E-state index contributed by atoms with van der Waals surface area (Å²) in [6.07, 6.45) is 7.94. The van der Waals surface area contributed by atoms with E-state index in [1.54, 1.807) is 0 Å². The molecule has 0 heterocycles. The zero-order valence-corrected chi connectivity index (χ0v) is 14.7. The van der Waals surface area contributed by atoms with E-state index in [2.05, 4.69) is 37.9 Å². The molecular formula is C16H20Br2O2. The lowest BCUT2D eigenvalue weighted by Crippen LogP contribution is -2.28. The highest BCUT2D eigenvalue weighted by Crippen LogP contribution is 2.43.